The van der Waals surface area contributed by atoms with Gasteiger partial charge in [-0.3, -0.25) is 4.79 Å². The van der Waals surface area contributed by atoms with Crippen molar-refractivity contribution in [1.29, 1.82) is 0 Å². The molecule has 3 heterocycles. The quantitative estimate of drug-likeness (QED) is 0.698. The number of anilines is 1. The number of methoxy groups -OCH3 is 1. The third-order valence-electron chi connectivity index (χ3n) is 4.64. The number of amides is 1. The topological polar surface area (TPSA) is 106 Å². The number of nitrogens with zero attached hydrogens (tertiary/aromatic N) is 4. The van der Waals surface area contributed by atoms with E-state index in [-0.39, 0.29) is 16.2 Å². The number of benzene rings is 1. The minimum atomic E-state index is -3.74. The van der Waals surface area contributed by atoms with Crippen LogP contribution in [-0.4, -0.2) is 53.4 Å². The molecule has 1 aliphatic heterocycles. The zero-order chi connectivity index (χ0) is 19.7. The van der Waals surface area contributed by atoms with Crippen molar-refractivity contribution in [1.82, 2.24) is 18.9 Å². The molecule has 146 valence electrons. The predicted octanol–water partition coefficient (Wildman–Crippen LogP) is 1.77. The van der Waals surface area contributed by atoms with Crippen LogP contribution in [0.25, 0.3) is 5.65 Å². The van der Waals surface area contributed by atoms with Gasteiger partial charge in [-0.15, -0.1) is 0 Å². The Bertz CT molecular complexity index is 1140. The summed E-state index contributed by atoms with van der Waals surface area (Å²) in [6.45, 7) is 0.937. The van der Waals surface area contributed by atoms with Crippen LogP contribution in [0, 0.1) is 0 Å². The van der Waals surface area contributed by atoms with Crippen molar-refractivity contribution in [2.75, 3.05) is 25.5 Å². The first-order valence-electron chi connectivity index (χ1n) is 8.79. The number of aromatic nitrogens is 3. The third kappa shape index (κ3) is 3.20. The summed E-state index contributed by atoms with van der Waals surface area (Å²) >= 11 is 0. The van der Waals surface area contributed by atoms with E-state index in [4.69, 9.17) is 4.74 Å². The Balaban J connectivity index is 1.68. The molecule has 0 saturated carbocycles. The van der Waals surface area contributed by atoms with Crippen molar-refractivity contribution in [2.24, 2.45) is 0 Å². The first kappa shape index (κ1) is 18.4. The van der Waals surface area contributed by atoms with Crippen molar-refractivity contribution >= 4 is 27.4 Å². The van der Waals surface area contributed by atoms with Crippen molar-refractivity contribution in [3.8, 4) is 5.75 Å². The second kappa shape index (κ2) is 7.21. The molecule has 3 aromatic rings. The Morgan fingerprint density at radius 3 is 2.68 bits per heavy atom. The molecule has 10 heteroatoms. The van der Waals surface area contributed by atoms with Crippen LogP contribution in [-0.2, 0) is 10.0 Å². The summed E-state index contributed by atoms with van der Waals surface area (Å²) in [6, 6.07) is 7.70. The first-order valence-corrected chi connectivity index (χ1v) is 10.2. The largest absolute Gasteiger partial charge is 0.495 e. The highest BCUT2D eigenvalue weighted by molar-refractivity contribution is 7.89. The average molecular weight is 401 g/mol. The number of carbonyl (C=O) groups excluding carboxylic acids is 1. The van der Waals surface area contributed by atoms with Gasteiger partial charge in [0.05, 0.1) is 13.3 Å². The van der Waals surface area contributed by atoms with Gasteiger partial charge in [-0.05, 0) is 37.1 Å². The molecular formula is C18H19N5O4S. The summed E-state index contributed by atoms with van der Waals surface area (Å²) in [6.07, 6.45) is 4.78. The number of fused-ring (bicyclic) bond motifs is 1. The van der Waals surface area contributed by atoms with E-state index in [1.54, 1.807) is 24.5 Å². The van der Waals surface area contributed by atoms with Gasteiger partial charge in [0.2, 0.25) is 10.0 Å². The predicted molar refractivity (Wildman–Crippen MR) is 102 cm³/mol. The van der Waals surface area contributed by atoms with Gasteiger partial charge in [-0.2, -0.15) is 13.9 Å². The van der Waals surface area contributed by atoms with Gasteiger partial charge in [0.15, 0.2) is 5.65 Å². The summed E-state index contributed by atoms with van der Waals surface area (Å²) in [5.41, 5.74) is 0.792. The molecule has 1 amide bonds. The Morgan fingerprint density at radius 2 is 1.93 bits per heavy atom. The van der Waals surface area contributed by atoms with Crippen LogP contribution in [0.5, 0.6) is 5.75 Å². The monoisotopic (exact) mass is 401 g/mol. The highest BCUT2D eigenvalue weighted by Crippen LogP contribution is 2.30. The van der Waals surface area contributed by atoms with Crippen molar-refractivity contribution in [2.45, 2.75) is 17.7 Å². The molecule has 0 bridgehead atoms. The maximum absolute atomic E-state index is 13.0. The fourth-order valence-electron chi connectivity index (χ4n) is 3.20. The summed E-state index contributed by atoms with van der Waals surface area (Å²) in [4.78, 5) is 16.9. The number of sulfonamides is 1. The second-order valence-electron chi connectivity index (χ2n) is 6.36. The fourth-order valence-corrected chi connectivity index (χ4v) is 4.90. The van der Waals surface area contributed by atoms with Crippen LogP contribution in [0.2, 0.25) is 0 Å². The lowest BCUT2D eigenvalue weighted by atomic mass is 10.2. The summed E-state index contributed by atoms with van der Waals surface area (Å²) in [5, 5.41) is 6.86. The van der Waals surface area contributed by atoms with E-state index < -0.39 is 15.9 Å². The number of nitrogens with one attached hydrogen (secondary N) is 1. The second-order valence-corrected chi connectivity index (χ2v) is 8.27. The molecule has 0 spiro atoms. The number of ether oxygens (including phenoxy) is 1. The number of carbonyl (C=O) groups is 1. The van der Waals surface area contributed by atoms with E-state index in [0.717, 1.165) is 12.8 Å². The molecule has 0 radical (unpaired) electrons. The minimum absolute atomic E-state index is 0.0106. The fraction of sp³-hybridized carbons (Fsp3) is 0.278. The third-order valence-corrected chi connectivity index (χ3v) is 6.56. The van der Waals surface area contributed by atoms with Gasteiger partial charge in [0, 0.05) is 30.9 Å². The smallest absolute Gasteiger partial charge is 0.256 e. The summed E-state index contributed by atoms with van der Waals surface area (Å²) in [5.74, 6) is 0.185. The average Bonchev–Trinajstić information content (AvgIpc) is 3.40. The van der Waals surface area contributed by atoms with E-state index >= 15 is 0 Å². The normalized spacial score (nSPS) is 15.0. The van der Waals surface area contributed by atoms with Crippen LogP contribution in [0.1, 0.15) is 23.2 Å². The van der Waals surface area contributed by atoms with Gasteiger partial charge < -0.3 is 10.1 Å². The highest BCUT2D eigenvalue weighted by Gasteiger charge is 2.30. The molecule has 1 aliphatic rings. The van der Waals surface area contributed by atoms with Gasteiger partial charge in [-0.1, -0.05) is 0 Å². The maximum atomic E-state index is 13.0. The molecular weight excluding hydrogens is 382 g/mol. The van der Waals surface area contributed by atoms with Crippen LogP contribution in [0.3, 0.4) is 0 Å². The SMILES string of the molecule is COc1ccc(C(=O)Nc2ccnc3ccnn23)cc1S(=O)(=O)N1CCCC1. The Morgan fingerprint density at radius 1 is 1.14 bits per heavy atom. The van der Waals surface area contributed by atoms with Gasteiger partial charge in [-0.25, -0.2) is 13.4 Å². The van der Waals surface area contributed by atoms with E-state index in [9.17, 15) is 13.2 Å². The Kier molecular flexibility index (Phi) is 4.73. The van der Waals surface area contributed by atoms with Crippen molar-refractivity contribution < 1.29 is 17.9 Å². The van der Waals surface area contributed by atoms with E-state index in [0.29, 0.717) is 24.6 Å². The number of hydrogen-bond donors (Lipinski definition) is 1. The minimum Gasteiger partial charge on any atom is -0.495 e. The zero-order valence-corrected chi connectivity index (χ0v) is 16.0. The van der Waals surface area contributed by atoms with Gasteiger partial charge in [0.25, 0.3) is 5.91 Å². The van der Waals surface area contributed by atoms with Gasteiger partial charge >= 0.3 is 0 Å². The summed E-state index contributed by atoms with van der Waals surface area (Å²) < 4.78 is 34.1. The van der Waals surface area contributed by atoms with E-state index in [2.05, 4.69) is 15.4 Å². The molecule has 0 unspecified atom stereocenters. The molecule has 1 saturated heterocycles. The molecule has 1 N–H and O–H groups in total. The molecule has 1 aromatic carbocycles. The van der Waals surface area contributed by atoms with Crippen LogP contribution < -0.4 is 10.1 Å². The molecule has 1 fully saturated rings. The lowest BCUT2D eigenvalue weighted by molar-refractivity contribution is 0.102. The Labute approximate surface area is 162 Å². The number of hydrogen-bond acceptors (Lipinski definition) is 6. The van der Waals surface area contributed by atoms with Crippen LogP contribution >= 0.6 is 0 Å². The maximum Gasteiger partial charge on any atom is 0.256 e. The van der Waals surface area contributed by atoms with Gasteiger partial charge in [0.1, 0.15) is 16.5 Å². The molecule has 9 nitrogen and oxygen atoms in total. The lowest BCUT2D eigenvalue weighted by Gasteiger charge is -2.18. The lowest BCUT2D eigenvalue weighted by Crippen LogP contribution is -2.28. The van der Waals surface area contributed by atoms with Crippen molar-refractivity contribution in [3.63, 3.8) is 0 Å². The van der Waals surface area contributed by atoms with Crippen molar-refractivity contribution in [3.05, 3.63) is 48.3 Å². The molecule has 0 aliphatic carbocycles. The zero-order valence-electron chi connectivity index (χ0n) is 15.2. The molecule has 0 atom stereocenters. The highest BCUT2D eigenvalue weighted by atomic mass is 32.2. The molecule has 2 aromatic heterocycles. The first-order chi connectivity index (χ1) is 13.5. The number of rotatable bonds is 5. The Hall–Kier alpha value is -2.98. The molecule has 28 heavy (non-hydrogen) atoms. The van der Waals surface area contributed by atoms with E-state index in [1.165, 1.54) is 34.1 Å². The van der Waals surface area contributed by atoms with E-state index in [1.807, 2.05) is 0 Å². The standard InChI is InChI=1S/C18H19N5O4S/c1-27-14-5-4-13(12-15(14)28(25,26)22-10-2-3-11-22)18(24)21-17-6-8-19-16-7-9-20-23(16)17/h4-9,12H,2-3,10-11H2,1H3,(H,21,24). The van der Waals surface area contributed by atoms with Crippen LogP contribution in [0.4, 0.5) is 5.82 Å². The van der Waals surface area contributed by atoms with Crippen LogP contribution in [0.15, 0.2) is 47.6 Å². The molecule has 4 rings (SSSR count). The summed E-state index contributed by atoms with van der Waals surface area (Å²) in [7, 11) is -2.33.